The van der Waals surface area contributed by atoms with Crippen LogP contribution in [0.15, 0.2) is 30.5 Å². The highest BCUT2D eigenvalue weighted by Crippen LogP contribution is 2.35. The number of alkyl halides is 1. The molecule has 2 N–H and O–H groups in total. The number of fused-ring (bicyclic) bond motifs is 3. The van der Waals surface area contributed by atoms with E-state index in [2.05, 4.69) is 30.7 Å². The lowest BCUT2D eigenvalue weighted by atomic mass is 9.96. The van der Waals surface area contributed by atoms with Gasteiger partial charge >= 0.3 is 0 Å². The van der Waals surface area contributed by atoms with E-state index in [0.29, 0.717) is 53.5 Å². The van der Waals surface area contributed by atoms with Gasteiger partial charge in [-0.15, -0.1) is 20.4 Å². The minimum atomic E-state index is -0.967. The number of hydrogen-bond donors (Lipinski definition) is 2. The Bertz CT molecular complexity index is 1210. The minimum Gasteiger partial charge on any atom is -0.507 e. The molecule has 34 heavy (non-hydrogen) atoms. The normalized spacial score (nSPS) is 25.2. The summed E-state index contributed by atoms with van der Waals surface area (Å²) < 4.78 is 25.9. The Morgan fingerprint density at radius 1 is 1.09 bits per heavy atom. The van der Waals surface area contributed by atoms with Crippen molar-refractivity contribution in [3.8, 4) is 40.0 Å². The van der Waals surface area contributed by atoms with Crippen LogP contribution in [0.25, 0.3) is 22.6 Å². The molecule has 0 aliphatic carbocycles. The maximum atomic E-state index is 14.9. The van der Waals surface area contributed by atoms with Crippen LogP contribution in [0.2, 0.25) is 0 Å². The number of aromatic nitrogens is 5. The Morgan fingerprint density at radius 2 is 1.97 bits per heavy atom. The lowest BCUT2D eigenvalue weighted by Gasteiger charge is -2.38. The van der Waals surface area contributed by atoms with Crippen LogP contribution in [0.3, 0.4) is 0 Å². The van der Waals surface area contributed by atoms with Gasteiger partial charge in [0.15, 0.2) is 17.4 Å². The van der Waals surface area contributed by atoms with Crippen LogP contribution < -0.4 is 19.7 Å². The molecule has 11 heteroatoms. The van der Waals surface area contributed by atoms with Crippen LogP contribution in [0.5, 0.6) is 17.4 Å². The molecule has 0 spiro atoms. The summed E-state index contributed by atoms with van der Waals surface area (Å²) in [6.07, 6.45) is 3.20. The molecule has 2 bridgehead atoms. The Hall–Kier alpha value is -3.60. The quantitative estimate of drug-likeness (QED) is 0.593. The molecule has 6 rings (SSSR count). The molecular formula is C23H24FN7O3. The van der Waals surface area contributed by atoms with Crippen molar-refractivity contribution in [2.75, 3.05) is 25.2 Å². The summed E-state index contributed by atoms with van der Waals surface area (Å²) >= 11 is 0. The average molecular weight is 465 g/mol. The van der Waals surface area contributed by atoms with Crippen molar-refractivity contribution in [3.63, 3.8) is 0 Å². The molecule has 3 aromatic rings. The second-order valence-corrected chi connectivity index (χ2v) is 8.87. The van der Waals surface area contributed by atoms with Gasteiger partial charge in [0.05, 0.1) is 23.5 Å². The van der Waals surface area contributed by atoms with Crippen molar-refractivity contribution < 1.29 is 19.0 Å². The molecule has 176 valence electrons. The summed E-state index contributed by atoms with van der Waals surface area (Å²) in [6, 6.07) is 6.77. The Morgan fingerprint density at radius 3 is 2.79 bits per heavy atom. The summed E-state index contributed by atoms with van der Waals surface area (Å²) in [7, 11) is 1.83. The third kappa shape index (κ3) is 3.65. The van der Waals surface area contributed by atoms with E-state index >= 15 is 0 Å². The van der Waals surface area contributed by atoms with E-state index in [0.717, 1.165) is 19.3 Å². The van der Waals surface area contributed by atoms with E-state index < -0.39 is 6.17 Å². The highest BCUT2D eigenvalue weighted by molar-refractivity contribution is 5.72. The minimum absolute atomic E-state index is 0.0177. The predicted octanol–water partition coefficient (Wildman–Crippen LogP) is 2.14. The van der Waals surface area contributed by atoms with Gasteiger partial charge in [-0.05, 0) is 31.4 Å². The number of benzene rings is 1. The number of phenols is 1. The second-order valence-electron chi connectivity index (χ2n) is 8.87. The number of halogens is 1. The van der Waals surface area contributed by atoms with Gasteiger partial charge in [0.1, 0.15) is 25.1 Å². The maximum Gasteiger partial charge on any atom is 0.276 e. The van der Waals surface area contributed by atoms with E-state index in [1.54, 1.807) is 30.5 Å². The number of aromatic hydroxyl groups is 1. The monoisotopic (exact) mass is 465 g/mol. The van der Waals surface area contributed by atoms with E-state index in [1.807, 2.05) is 11.9 Å². The molecule has 10 nitrogen and oxygen atoms in total. The molecular weight excluding hydrogens is 441 g/mol. The molecule has 3 aliphatic rings. The fourth-order valence-electron chi connectivity index (χ4n) is 4.95. The first-order valence-electron chi connectivity index (χ1n) is 11.4. The van der Waals surface area contributed by atoms with Crippen LogP contribution in [0, 0.1) is 0 Å². The van der Waals surface area contributed by atoms with Gasteiger partial charge in [-0.25, -0.2) is 9.37 Å². The molecule has 0 unspecified atom stereocenters. The van der Waals surface area contributed by atoms with E-state index in [-0.39, 0.29) is 23.7 Å². The highest BCUT2D eigenvalue weighted by atomic mass is 19.1. The molecule has 0 amide bonds. The van der Waals surface area contributed by atoms with Crippen molar-refractivity contribution in [1.29, 1.82) is 0 Å². The number of rotatable bonds is 4. The van der Waals surface area contributed by atoms with Gasteiger partial charge in [-0.2, -0.15) is 0 Å². The zero-order valence-corrected chi connectivity index (χ0v) is 18.6. The molecule has 2 aromatic heterocycles. The van der Waals surface area contributed by atoms with Gasteiger partial charge in [-0.3, -0.25) is 0 Å². The Labute approximate surface area is 195 Å². The maximum absolute atomic E-state index is 14.9. The van der Waals surface area contributed by atoms with Gasteiger partial charge in [0.2, 0.25) is 0 Å². The van der Waals surface area contributed by atoms with Crippen LogP contribution in [0.4, 0.5) is 10.2 Å². The molecule has 2 saturated heterocycles. The third-order valence-corrected chi connectivity index (χ3v) is 6.80. The first-order valence-corrected chi connectivity index (χ1v) is 11.4. The van der Waals surface area contributed by atoms with Gasteiger partial charge < -0.3 is 24.8 Å². The van der Waals surface area contributed by atoms with E-state index in [4.69, 9.17) is 9.47 Å². The number of piperidine rings is 1. The topological polar surface area (TPSA) is 118 Å². The van der Waals surface area contributed by atoms with Crippen molar-refractivity contribution >= 4 is 5.82 Å². The fraction of sp³-hybridized carbons (Fsp3) is 0.435. The summed E-state index contributed by atoms with van der Waals surface area (Å²) in [5, 5.41) is 30.6. The molecule has 4 atom stereocenters. The van der Waals surface area contributed by atoms with E-state index in [9.17, 15) is 9.50 Å². The van der Waals surface area contributed by atoms with Crippen LogP contribution in [-0.4, -0.2) is 75.0 Å². The smallest absolute Gasteiger partial charge is 0.276 e. The summed E-state index contributed by atoms with van der Waals surface area (Å²) in [4.78, 5) is 6.21. The molecule has 2 fully saturated rings. The number of anilines is 1. The van der Waals surface area contributed by atoms with Gasteiger partial charge in [-0.1, -0.05) is 6.07 Å². The first kappa shape index (κ1) is 21.0. The van der Waals surface area contributed by atoms with Gasteiger partial charge in [0.25, 0.3) is 5.88 Å². The zero-order chi connectivity index (χ0) is 23.2. The van der Waals surface area contributed by atoms with Crippen LogP contribution >= 0.6 is 0 Å². The van der Waals surface area contributed by atoms with E-state index in [1.165, 1.54) is 0 Å². The molecule has 0 radical (unpaired) electrons. The first-order chi connectivity index (χ1) is 16.6. The standard InChI is InChI=1S/C23H24FN7O3/c1-31(17-9-13-3-5-15(26-13)21(17)24)20-11-25-22(29-28-20)14-4-2-12(8-18(14)32)16-10-19-23(30-27-16)34-7-6-33-19/h2,4,8,10-11,13,15,17,21,26,32H,3,5-7,9H2,1H3/t13-,15-,17+,21-/m0/s1. The number of ether oxygens (including phenoxy) is 2. The van der Waals surface area contributed by atoms with Crippen molar-refractivity contribution in [3.05, 3.63) is 30.5 Å². The third-order valence-electron chi connectivity index (χ3n) is 6.80. The summed E-state index contributed by atoms with van der Waals surface area (Å²) in [6.45, 7) is 0.884. The highest BCUT2D eigenvalue weighted by Gasteiger charge is 2.44. The largest absolute Gasteiger partial charge is 0.507 e. The molecule has 5 heterocycles. The predicted molar refractivity (Wildman–Crippen MR) is 121 cm³/mol. The summed E-state index contributed by atoms with van der Waals surface area (Å²) in [5.74, 6) is 1.63. The van der Waals surface area contributed by atoms with Crippen molar-refractivity contribution in [2.45, 2.75) is 43.6 Å². The summed E-state index contributed by atoms with van der Waals surface area (Å²) in [5.41, 5.74) is 1.63. The number of nitrogens with one attached hydrogen (secondary N) is 1. The Kier molecular flexibility index (Phi) is 5.13. The lowest BCUT2D eigenvalue weighted by molar-refractivity contribution is 0.162. The second kappa shape index (κ2) is 8.32. The zero-order valence-electron chi connectivity index (χ0n) is 18.6. The Balaban J connectivity index is 1.21. The van der Waals surface area contributed by atoms with Crippen molar-refractivity contribution in [2.24, 2.45) is 0 Å². The number of nitrogens with zero attached hydrogens (tertiary/aromatic N) is 6. The fourth-order valence-corrected chi connectivity index (χ4v) is 4.95. The van der Waals surface area contributed by atoms with Crippen molar-refractivity contribution in [1.82, 2.24) is 30.7 Å². The van der Waals surface area contributed by atoms with Gasteiger partial charge in [0, 0.05) is 30.8 Å². The average Bonchev–Trinajstić information content (AvgIpc) is 3.29. The molecule has 1 aromatic carbocycles. The SMILES string of the molecule is CN(c1cnc(-c2ccc(-c3cc4c(nn3)OCCO4)cc2O)nn1)[C@@H]1C[C@@H]2CC[C@H](N2)[C@@H]1F. The molecule has 0 saturated carbocycles. The molecule has 3 aliphatic heterocycles. The number of phenolic OH excluding ortho intramolecular Hbond substituents is 1. The van der Waals surface area contributed by atoms with Crippen LogP contribution in [-0.2, 0) is 0 Å². The number of hydrogen-bond acceptors (Lipinski definition) is 10. The lowest BCUT2D eigenvalue weighted by Crippen LogP contribution is -2.55. The van der Waals surface area contributed by atoms with Crippen LogP contribution in [0.1, 0.15) is 19.3 Å².